The van der Waals surface area contributed by atoms with Crippen molar-refractivity contribution in [2.75, 3.05) is 32.6 Å². The van der Waals surface area contributed by atoms with Crippen molar-refractivity contribution in [3.8, 4) is 17.1 Å². The lowest BCUT2D eigenvalue weighted by Gasteiger charge is -2.11. The fourth-order valence-electron chi connectivity index (χ4n) is 2.93. The van der Waals surface area contributed by atoms with E-state index in [2.05, 4.69) is 20.8 Å². The maximum Gasteiger partial charge on any atom is 0.211 e. The van der Waals surface area contributed by atoms with Crippen LogP contribution in [0.5, 0.6) is 5.75 Å². The van der Waals surface area contributed by atoms with Crippen molar-refractivity contribution in [2.24, 2.45) is 0 Å². The minimum absolute atomic E-state index is 0.727. The van der Waals surface area contributed by atoms with Gasteiger partial charge in [0.05, 0.1) is 12.6 Å². The van der Waals surface area contributed by atoms with E-state index < -0.39 is 0 Å². The molecule has 2 heterocycles. The highest BCUT2D eigenvalue weighted by atomic mass is 16.5. The summed E-state index contributed by atoms with van der Waals surface area (Å²) in [5.74, 6) is 2.27. The smallest absolute Gasteiger partial charge is 0.211 e. The summed E-state index contributed by atoms with van der Waals surface area (Å²) >= 11 is 0. The van der Waals surface area contributed by atoms with Gasteiger partial charge in [-0.3, -0.25) is 0 Å². The fourth-order valence-corrected chi connectivity index (χ4v) is 2.93. The van der Waals surface area contributed by atoms with Gasteiger partial charge in [-0.15, -0.1) is 10.2 Å². The van der Waals surface area contributed by atoms with Gasteiger partial charge in [-0.25, -0.2) is 9.38 Å². The van der Waals surface area contributed by atoms with Crippen LogP contribution < -0.4 is 15.4 Å². The highest BCUT2D eigenvalue weighted by molar-refractivity contribution is 5.93. The highest BCUT2D eigenvalue weighted by Gasteiger charge is 2.16. The number of anilines is 1. The van der Waals surface area contributed by atoms with Crippen LogP contribution in [0.3, 0.4) is 0 Å². The van der Waals surface area contributed by atoms with Crippen LogP contribution in [0.15, 0.2) is 48.5 Å². The van der Waals surface area contributed by atoms with Gasteiger partial charge in [-0.2, -0.15) is 0 Å². The molecule has 0 saturated heterocycles. The van der Waals surface area contributed by atoms with Gasteiger partial charge in [-0.05, 0) is 43.4 Å². The predicted octanol–water partition coefficient (Wildman–Crippen LogP) is 2.58. The van der Waals surface area contributed by atoms with Crippen molar-refractivity contribution >= 4 is 22.5 Å². The van der Waals surface area contributed by atoms with Crippen LogP contribution in [-0.2, 0) is 0 Å². The number of fused-ring (bicyclic) bond motifs is 3. The van der Waals surface area contributed by atoms with Crippen molar-refractivity contribution in [2.45, 2.75) is 0 Å². The van der Waals surface area contributed by atoms with E-state index in [-0.39, 0.29) is 0 Å². The summed E-state index contributed by atoms with van der Waals surface area (Å²) in [5, 5.41) is 16.4. The van der Waals surface area contributed by atoms with Gasteiger partial charge in [0.15, 0.2) is 11.5 Å². The third-order valence-electron chi connectivity index (χ3n) is 4.25. The number of hydrogen-bond acceptors (Lipinski definition) is 6. The molecule has 0 amide bonds. The molecule has 26 heavy (non-hydrogen) atoms. The largest absolute Gasteiger partial charge is 0.497 e. The summed E-state index contributed by atoms with van der Waals surface area (Å²) < 4.78 is 7.22. The average molecular weight is 348 g/mol. The number of hydrogen-bond donors (Lipinski definition) is 2. The van der Waals surface area contributed by atoms with Crippen molar-refractivity contribution in [3.63, 3.8) is 0 Å². The van der Waals surface area contributed by atoms with E-state index in [4.69, 9.17) is 9.72 Å². The van der Waals surface area contributed by atoms with E-state index in [0.29, 0.717) is 0 Å². The Bertz CT molecular complexity index is 1040. The fraction of sp³-hybridized carbons (Fsp3) is 0.211. The molecule has 0 spiro atoms. The van der Waals surface area contributed by atoms with Crippen molar-refractivity contribution in [1.29, 1.82) is 0 Å². The third kappa shape index (κ3) is 2.82. The molecule has 0 radical (unpaired) electrons. The summed E-state index contributed by atoms with van der Waals surface area (Å²) in [6.45, 7) is 1.58. The molecule has 2 N–H and O–H groups in total. The number of nitrogens with zero attached hydrogens (tertiary/aromatic N) is 4. The molecule has 4 aromatic rings. The Hall–Kier alpha value is -3.19. The molecule has 0 aliphatic heterocycles. The second-order valence-electron chi connectivity index (χ2n) is 5.89. The lowest BCUT2D eigenvalue weighted by Crippen LogP contribution is -2.19. The zero-order chi connectivity index (χ0) is 17.9. The zero-order valence-corrected chi connectivity index (χ0v) is 14.7. The average Bonchev–Trinajstić information content (AvgIpc) is 3.14. The first-order valence-corrected chi connectivity index (χ1v) is 8.48. The van der Waals surface area contributed by atoms with Crippen molar-refractivity contribution in [1.82, 2.24) is 24.9 Å². The van der Waals surface area contributed by atoms with E-state index in [1.807, 2.05) is 60.0 Å². The lowest BCUT2D eigenvalue weighted by molar-refractivity contribution is 0.415. The van der Waals surface area contributed by atoms with Crippen LogP contribution in [0.25, 0.3) is 27.9 Å². The first-order valence-electron chi connectivity index (χ1n) is 8.48. The third-order valence-corrected chi connectivity index (χ3v) is 4.25. The molecule has 0 aliphatic rings. The van der Waals surface area contributed by atoms with Gasteiger partial charge in [-0.1, -0.05) is 12.1 Å². The number of methoxy groups -OCH3 is 1. The molecule has 132 valence electrons. The Labute approximate surface area is 151 Å². The predicted molar refractivity (Wildman–Crippen MR) is 103 cm³/mol. The van der Waals surface area contributed by atoms with Crippen LogP contribution in [0.1, 0.15) is 0 Å². The standard InChI is InChI=1S/C19H20N6O/c1-20-11-12-21-19-22-16-6-4-3-5-15(16)18-24-23-17(25(18)19)13-7-9-14(26-2)10-8-13/h3-10,20H,11-12H2,1-2H3,(H,21,22). The Balaban J connectivity index is 1.91. The summed E-state index contributed by atoms with van der Waals surface area (Å²) in [6.07, 6.45) is 0. The number of rotatable bonds is 6. The van der Waals surface area contributed by atoms with Crippen LogP contribution in [0, 0.1) is 0 Å². The first kappa shape index (κ1) is 16.3. The second-order valence-corrected chi connectivity index (χ2v) is 5.89. The Kier molecular flexibility index (Phi) is 4.37. The minimum Gasteiger partial charge on any atom is -0.497 e. The van der Waals surface area contributed by atoms with Crippen LogP contribution in [-0.4, -0.2) is 46.8 Å². The molecule has 2 aromatic heterocycles. The van der Waals surface area contributed by atoms with Gasteiger partial charge in [0.25, 0.3) is 0 Å². The van der Waals surface area contributed by atoms with Gasteiger partial charge in [0, 0.05) is 24.0 Å². The number of aromatic nitrogens is 4. The summed E-state index contributed by atoms with van der Waals surface area (Å²) in [6, 6.07) is 15.7. The Morgan fingerprint density at radius 2 is 1.81 bits per heavy atom. The number of para-hydroxylation sites is 1. The molecule has 0 atom stereocenters. The van der Waals surface area contributed by atoms with E-state index >= 15 is 0 Å². The van der Waals surface area contributed by atoms with Crippen molar-refractivity contribution < 1.29 is 4.74 Å². The topological polar surface area (TPSA) is 76.4 Å². The van der Waals surface area contributed by atoms with Gasteiger partial charge >= 0.3 is 0 Å². The van der Waals surface area contributed by atoms with Gasteiger partial charge in [0.1, 0.15) is 5.75 Å². The first-order chi connectivity index (χ1) is 12.8. The maximum absolute atomic E-state index is 5.25. The molecule has 7 nitrogen and oxygen atoms in total. The van der Waals surface area contributed by atoms with E-state index in [0.717, 1.165) is 52.7 Å². The molecule has 0 saturated carbocycles. The number of benzene rings is 2. The highest BCUT2D eigenvalue weighted by Crippen LogP contribution is 2.27. The molecule has 4 rings (SSSR count). The van der Waals surface area contributed by atoms with Crippen LogP contribution in [0.4, 0.5) is 5.95 Å². The lowest BCUT2D eigenvalue weighted by atomic mass is 10.2. The molecule has 2 aromatic carbocycles. The quantitative estimate of drug-likeness (QED) is 0.522. The van der Waals surface area contributed by atoms with E-state index in [1.165, 1.54) is 0 Å². The summed E-state index contributed by atoms with van der Waals surface area (Å²) in [4.78, 5) is 4.79. The van der Waals surface area contributed by atoms with Gasteiger partial charge < -0.3 is 15.4 Å². The van der Waals surface area contributed by atoms with E-state index in [1.54, 1.807) is 7.11 Å². The molecule has 0 aliphatic carbocycles. The Morgan fingerprint density at radius 1 is 1.00 bits per heavy atom. The normalized spacial score (nSPS) is 11.2. The van der Waals surface area contributed by atoms with Crippen LogP contribution in [0.2, 0.25) is 0 Å². The van der Waals surface area contributed by atoms with E-state index in [9.17, 15) is 0 Å². The second kappa shape index (κ2) is 6.97. The van der Waals surface area contributed by atoms with Crippen LogP contribution >= 0.6 is 0 Å². The monoisotopic (exact) mass is 348 g/mol. The molecule has 0 fully saturated rings. The van der Waals surface area contributed by atoms with Gasteiger partial charge in [0.2, 0.25) is 5.95 Å². The Morgan fingerprint density at radius 3 is 2.58 bits per heavy atom. The molecule has 0 bridgehead atoms. The molecule has 0 unspecified atom stereocenters. The SMILES string of the molecule is CNCCNc1nc2ccccc2c2nnc(-c3ccc(OC)cc3)n12. The minimum atomic E-state index is 0.727. The number of ether oxygens (including phenoxy) is 1. The molecule has 7 heteroatoms. The maximum atomic E-state index is 5.25. The number of likely N-dealkylation sites (N-methyl/N-ethyl adjacent to an activating group) is 1. The zero-order valence-electron chi connectivity index (χ0n) is 14.7. The number of nitrogens with one attached hydrogen (secondary N) is 2. The molecular formula is C19H20N6O. The van der Waals surface area contributed by atoms with Crippen molar-refractivity contribution in [3.05, 3.63) is 48.5 Å². The summed E-state index contributed by atoms with van der Waals surface area (Å²) in [5.41, 5.74) is 2.63. The molecular weight excluding hydrogens is 328 g/mol. The summed E-state index contributed by atoms with van der Waals surface area (Å²) in [7, 11) is 3.58.